The summed E-state index contributed by atoms with van der Waals surface area (Å²) in [5.74, 6) is 0.886. The van der Waals surface area contributed by atoms with Gasteiger partial charge in [-0.1, -0.05) is 6.07 Å². The standard InChI is InChI=1S/C22H30N2O5/c1-7-23(13-17-9-10-19(27-5)20(12-17)28-6)21(25)14-24-15(3)11-18(16(24)4)22(26)29-8-2/h9-12H,7-8,13-14H2,1-6H3. The van der Waals surface area contributed by atoms with E-state index in [0.29, 0.717) is 36.8 Å². The van der Waals surface area contributed by atoms with Crippen molar-refractivity contribution < 1.29 is 23.8 Å². The highest BCUT2D eigenvalue weighted by Gasteiger charge is 2.20. The molecule has 29 heavy (non-hydrogen) atoms. The van der Waals surface area contributed by atoms with Crippen LogP contribution >= 0.6 is 0 Å². The van der Waals surface area contributed by atoms with Gasteiger partial charge in [-0.2, -0.15) is 0 Å². The number of hydrogen-bond acceptors (Lipinski definition) is 5. The molecule has 0 atom stereocenters. The number of amides is 1. The molecule has 2 aromatic rings. The summed E-state index contributed by atoms with van der Waals surface area (Å²) >= 11 is 0. The van der Waals surface area contributed by atoms with Crippen molar-refractivity contribution in [2.75, 3.05) is 27.4 Å². The van der Waals surface area contributed by atoms with Gasteiger partial charge in [0.15, 0.2) is 11.5 Å². The van der Waals surface area contributed by atoms with Crippen LogP contribution in [0.25, 0.3) is 0 Å². The molecule has 0 aliphatic heterocycles. The minimum absolute atomic E-state index is 0.0282. The summed E-state index contributed by atoms with van der Waals surface area (Å²) in [7, 11) is 3.18. The number of hydrogen-bond donors (Lipinski definition) is 0. The van der Waals surface area contributed by atoms with Gasteiger partial charge in [0.1, 0.15) is 6.54 Å². The average molecular weight is 402 g/mol. The third kappa shape index (κ3) is 5.10. The molecule has 1 aromatic carbocycles. The third-order valence-corrected chi connectivity index (χ3v) is 4.92. The van der Waals surface area contributed by atoms with Gasteiger partial charge < -0.3 is 23.7 Å². The predicted octanol–water partition coefficient (Wildman–Crippen LogP) is 3.35. The molecule has 0 radical (unpaired) electrons. The molecule has 158 valence electrons. The highest BCUT2D eigenvalue weighted by Crippen LogP contribution is 2.28. The number of ether oxygens (including phenoxy) is 3. The molecule has 0 saturated carbocycles. The van der Waals surface area contributed by atoms with Crippen molar-refractivity contribution in [3.8, 4) is 11.5 Å². The normalized spacial score (nSPS) is 10.6. The number of methoxy groups -OCH3 is 2. The fourth-order valence-corrected chi connectivity index (χ4v) is 3.27. The maximum absolute atomic E-state index is 13.0. The highest BCUT2D eigenvalue weighted by atomic mass is 16.5. The Bertz CT molecular complexity index is 872. The van der Waals surface area contributed by atoms with E-state index < -0.39 is 0 Å². The van der Waals surface area contributed by atoms with Gasteiger partial charge in [-0.05, 0) is 51.5 Å². The maximum atomic E-state index is 13.0. The van der Waals surface area contributed by atoms with E-state index in [9.17, 15) is 9.59 Å². The van der Waals surface area contributed by atoms with E-state index in [-0.39, 0.29) is 18.4 Å². The number of aromatic nitrogens is 1. The van der Waals surface area contributed by atoms with Gasteiger partial charge in [0.25, 0.3) is 0 Å². The lowest BCUT2D eigenvalue weighted by molar-refractivity contribution is -0.132. The van der Waals surface area contributed by atoms with E-state index in [1.54, 1.807) is 32.1 Å². The minimum Gasteiger partial charge on any atom is -0.493 e. The number of carbonyl (C=O) groups excluding carboxylic acids is 2. The molecule has 7 heteroatoms. The molecule has 0 bridgehead atoms. The lowest BCUT2D eigenvalue weighted by atomic mass is 10.2. The number of likely N-dealkylation sites (N-methyl/N-ethyl adjacent to an activating group) is 1. The quantitative estimate of drug-likeness (QED) is 0.602. The second-order valence-electron chi connectivity index (χ2n) is 6.69. The monoisotopic (exact) mass is 402 g/mol. The number of esters is 1. The Balaban J connectivity index is 2.18. The third-order valence-electron chi connectivity index (χ3n) is 4.92. The van der Waals surface area contributed by atoms with E-state index in [1.165, 1.54) is 0 Å². The Morgan fingerprint density at radius 1 is 1.03 bits per heavy atom. The summed E-state index contributed by atoms with van der Waals surface area (Å²) in [5, 5.41) is 0. The molecule has 7 nitrogen and oxygen atoms in total. The van der Waals surface area contributed by atoms with Gasteiger partial charge >= 0.3 is 5.97 Å². The first kappa shape index (κ1) is 22.3. The van der Waals surface area contributed by atoms with Crippen molar-refractivity contribution in [1.29, 1.82) is 0 Å². The number of benzene rings is 1. The molecular formula is C22H30N2O5. The second-order valence-corrected chi connectivity index (χ2v) is 6.69. The Morgan fingerprint density at radius 2 is 1.72 bits per heavy atom. The molecule has 1 heterocycles. The molecule has 0 aliphatic carbocycles. The number of aryl methyl sites for hydroxylation is 1. The molecule has 2 rings (SSSR count). The molecular weight excluding hydrogens is 372 g/mol. The largest absolute Gasteiger partial charge is 0.493 e. The molecule has 0 N–H and O–H groups in total. The van der Waals surface area contributed by atoms with Crippen LogP contribution in [0.1, 0.15) is 41.2 Å². The lowest BCUT2D eigenvalue weighted by Gasteiger charge is -2.23. The van der Waals surface area contributed by atoms with Crippen LogP contribution in [-0.4, -0.2) is 48.7 Å². The molecule has 0 spiro atoms. The van der Waals surface area contributed by atoms with E-state index in [1.807, 2.05) is 43.5 Å². The van der Waals surface area contributed by atoms with Crippen molar-refractivity contribution in [2.45, 2.75) is 40.8 Å². The Hall–Kier alpha value is -2.96. The van der Waals surface area contributed by atoms with Crippen molar-refractivity contribution >= 4 is 11.9 Å². The summed E-state index contributed by atoms with van der Waals surface area (Å²) in [6, 6.07) is 7.39. The van der Waals surface area contributed by atoms with Crippen LogP contribution in [0.15, 0.2) is 24.3 Å². The SMILES string of the molecule is CCOC(=O)c1cc(C)n(CC(=O)N(CC)Cc2ccc(OC)c(OC)c2)c1C. The molecule has 1 aromatic heterocycles. The Kier molecular flexibility index (Phi) is 7.70. The fourth-order valence-electron chi connectivity index (χ4n) is 3.27. The highest BCUT2D eigenvalue weighted by molar-refractivity contribution is 5.91. The Morgan fingerprint density at radius 3 is 2.31 bits per heavy atom. The summed E-state index contributed by atoms with van der Waals surface area (Å²) in [6.07, 6.45) is 0. The fraction of sp³-hybridized carbons (Fsp3) is 0.455. The van der Waals surface area contributed by atoms with Gasteiger partial charge in [0.05, 0.1) is 26.4 Å². The number of rotatable bonds is 9. The van der Waals surface area contributed by atoms with Gasteiger partial charge in [-0.25, -0.2) is 4.79 Å². The average Bonchev–Trinajstić information content (AvgIpc) is 3.00. The Labute approximate surface area is 172 Å². The van der Waals surface area contributed by atoms with Gasteiger partial charge in [0, 0.05) is 24.5 Å². The minimum atomic E-state index is -0.364. The zero-order valence-electron chi connectivity index (χ0n) is 18.1. The van der Waals surface area contributed by atoms with Gasteiger partial charge in [0.2, 0.25) is 5.91 Å². The first-order valence-corrected chi connectivity index (χ1v) is 9.68. The zero-order valence-corrected chi connectivity index (χ0v) is 18.1. The summed E-state index contributed by atoms with van der Waals surface area (Å²) in [4.78, 5) is 26.8. The number of carbonyl (C=O) groups is 2. The lowest BCUT2D eigenvalue weighted by Crippen LogP contribution is -2.33. The zero-order chi connectivity index (χ0) is 21.6. The van der Waals surface area contributed by atoms with E-state index in [4.69, 9.17) is 14.2 Å². The van der Waals surface area contributed by atoms with Crippen LogP contribution in [-0.2, 0) is 22.6 Å². The summed E-state index contributed by atoms with van der Waals surface area (Å²) in [5.41, 5.74) is 3.03. The van der Waals surface area contributed by atoms with Crippen molar-refractivity contribution in [3.63, 3.8) is 0 Å². The van der Waals surface area contributed by atoms with Crippen LogP contribution in [0.3, 0.4) is 0 Å². The van der Waals surface area contributed by atoms with Crippen LogP contribution in [0.5, 0.6) is 11.5 Å². The van der Waals surface area contributed by atoms with Crippen LogP contribution < -0.4 is 9.47 Å². The van der Waals surface area contributed by atoms with Crippen molar-refractivity contribution in [1.82, 2.24) is 9.47 Å². The topological polar surface area (TPSA) is 70.0 Å². The van der Waals surface area contributed by atoms with Gasteiger partial charge in [-0.15, -0.1) is 0 Å². The molecule has 0 saturated heterocycles. The van der Waals surface area contributed by atoms with Crippen LogP contribution in [0.2, 0.25) is 0 Å². The first-order chi connectivity index (χ1) is 13.9. The summed E-state index contributed by atoms with van der Waals surface area (Å²) in [6.45, 7) is 8.93. The smallest absolute Gasteiger partial charge is 0.339 e. The first-order valence-electron chi connectivity index (χ1n) is 9.68. The molecule has 0 aliphatic rings. The molecule has 1 amide bonds. The second kappa shape index (κ2) is 10.0. The maximum Gasteiger partial charge on any atom is 0.339 e. The predicted molar refractivity (Wildman–Crippen MR) is 110 cm³/mol. The summed E-state index contributed by atoms with van der Waals surface area (Å²) < 4.78 is 17.6. The van der Waals surface area contributed by atoms with Gasteiger partial charge in [-0.3, -0.25) is 4.79 Å². The van der Waals surface area contributed by atoms with E-state index >= 15 is 0 Å². The molecule has 0 unspecified atom stereocenters. The number of nitrogens with zero attached hydrogens (tertiary/aromatic N) is 2. The van der Waals surface area contributed by atoms with Crippen LogP contribution in [0, 0.1) is 13.8 Å². The van der Waals surface area contributed by atoms with E-state index in [2.05, 4.69) is 0 Å². The van der Waals surface area contributed by atoms with Crippen molar-refractivity contribution in [2.24, 2.45) is 0 Å². The molecule has 0 fully saturated rings. The van der Waals surface area contributed by atoms with Crippen LogP contribution in [0.4, 0.5) is 0 Å². The van der Waals surface area contributed by atoms with E-state index in [0.717, 1.165) is 17.0 Å². The van der Waals surface area contributed by atoms with Crippen molar-refractivity contribution in [3.05, 3.63) is 46.8 Å².